The van der Waals surface area contributed by atoms with Crippen LogP contribution in [-0.2, 0) is 6.61 Å². The summed E-state index contributed by atoms with van der Waals surface area (Å²) in [6, 6.07) is 15.0. The third-order valence-electron chi connectivity index (χ3n) is 2.81. The van der Waals surface area contributed by atoms with Crippen LogP contribution in [0.3, 0.4) is 0 Å². The van der Waals surface area contributed by atoms with Crippen molar-refractivity contribution in [2.45, 2.75) is 13.5 Å². The molecule has 98 valence electrons. The van der Waals surface area contributed by atoms with Gasteiger partial charge in [-0.05, 0) is 24.6 Å². The summed E-state index contributed by atoms with van der Waals surface area (Å²) in [6.07, 6.45) is 0. The summed E-state index contributed by atoms with van der Waals surface area (Å²) < 4.78 is 10.9. The molecule has 0 fully saturated rings. The monoisotopic (exact) mass is 256 g/mol. The Morgan fingerprint density at radius 3 is 2.47 bits per heavy atom. The third-order valence-corrected chi connectivity index (χ3v) is 2.81. The zero-order chi connectivity index (χ0) is 13.7. The van der Waals surface area contributed by atoms with E-state index in [1.165, 1.54) is 6.92 Å². The predicted molar refractivity (Wildman–Crippen MR) is 73.8 cm³/mol. The Morgan fingerprint density at radius 2 is 1.84 bits per heavy atom. The molecule has 0 atom stereocenters. The SMILES string of the molecule is COc1ccc(C(C)=O)c(OCc2ccccc2)c1. The van der Waals surface area contributed by atoms with Crippen LogP contribution in [0.5, 0.6) is 11.5 Å². The Balaban J connectivity index is 2.20. The summed E-state index contributed by atoms with van der Waals surface area (Å²) in [6.45, 7) is 1.95. The second-order valence-corrected chi connectivity index (χ2v) is 4.19. The van der Waals surface area contributed by atoms with Gasteiger partial charge in [0.1, 0.15) is 18.1 Å². The molecule has 0 saturated heterocycles. The molecule has 0 aromatic heterocycles. The van der Waals surface area contributed by atoms with Crippen LogP contribution in [0, 0.1) is 0 Å². The van der Waals surface area contributed by atoms with Gasteiger partial charge < -0.3 is 9.47 Å². The number of benzene rings is 2. The van der Waals surface area contributed by atoms with E-state index in [1.54, 1.807) is 25.3 Å². The third kappa shape index (κ3) is 3.35. The Hall–Kier alpha value is -2.29. The fraction of sp³-hybridized carbons (Fsp3) is 0.188. The Kier molecular flexibility index (Phi) is 4.18. The molecule has 0 radical (unpaired) electrons. The molecule has 0 amide bonds. The molecule has 2 aromatic carbocycles. The van der Waals surface area contributed by atoms with Gasteiger partial charge in [-0.3, -0.25) is 4.79 Å². The smallest absolute Gasteiger partial charge is 0.163 e. The lowest BCUT2D eigenvalue weighted by atomic mass is 10.1. The molecule has 0 saturated carbocycles. The molecule has 0 heterocycles. The van der Waals surface area contributed by atoms with Gasteiger partial charge >= 0.3 is 0 Å². The Bertz CT molecular complexity index is 561. The molecule has 3 nitrogen and oxygen atoms in total. The lowest BCUT2D eigenvalue weighted by molar-refractivity contribution is 0.101. The highest BCUT2D eigenvalue weighted by Crippen LogP contribution is 2.26. The molecule has 0 spiro atoms. The van der Waals surface area contributed by atoms with Crippen LogP contribution >= 0.6 is 0 Å². The molecule has 0 unspecified atom stereocenters. The molecule has 3 heteroatoms. The first kappa shape index (κ1) is 13.1. The van der Waals surface area contributed by atoms with Crippen molar-refractivity contribution in [1.29, 1.82) is 0 Å². The first-order valence-electron chi connectivity index (χ1n) is 6.06. The molecule has 0 aliphatic heterocycles. The fourth-order valence-electron chi connectivity index (χ4n) is 1.78. The quantitative estimate of drug-likeness (QED) is 0.768. The van der Waals surface area contributed by atoms with Crippen molar-refractivity contribution >= 4 is 5.78 Å². The number of rotatable bonds is 5. The van der Waals surface area contributed by atoms with Crippen LogP contribution < -0.4 is 9.47 Å². The molecular weight excluding hydrogens is 240 g/mol. The number of methoxy groups -OCH3 is 1. The van der Waals surface area contributed by atoms with Crippen LogP contribution in [-0.4, -0.2) is 12.9 Å². The minimum Gasteiger partial charge on any atom is -0.497 e. The van der Waals surface area contributed by atoms with Crippen molar-refractivity contribution in [2.75, 3.05) is 7.11 Å². The minimum absolute atomic E-state index is 0.0225. The van der Waals surface area contributed by atoms with Crippen molar-refractivity contribution in [1.82, 2.24) is 0 Å². The number of hydrogen-bond acceptors (Lipinski definition) is 3. The highest BCUT2D eigenvalue weighted by Gasteiger charge is 2.10. The van der Waals surface area contributed by atoms with Gasteiger partial charge in [0.2, 0.25) is 0 Å². The Morgan fingerprint density at radius 1 is 1.11 bits per heavy atom. The van der Waals surface area contributed by atoms with Crippen molar-refractivity contribution < 1.29 is 14.3 Å². The topological polar surface area (TPSA) is 35.5 Å². The van der Waals surface area contributed by atoms with Crippen LogP contribution in [0.1, 0.15) is 22.8 Å². The van der Waals surface area contributed by atoms with Crippen molar-refractivity contribution in [3.05, 3.63) is 59.7 Å². The van der Waals surface area contributed by atoms with Gasteiger partial charge in [0.25, 0.3) is 0 Å². The van der Waals surface area contributed by atoms with Gasteiger partial charge in [-0.25, -0.2) is 0 Å². The average Bonchev–Trinajstić information content (AvgIpc) is 2.45. The Labute approximate surface area is 112 Å². The van der Waals surface area contributed by atoms with E-state index in [9.17, 15) is 4.79 Å². The highest BCUT2D eigenvalue weighted by molar-refractivity contribution is 5.97. The summed E-state index contributed by atoms with van der Waals surface area (Å²) in [4.78, 5) is 11.6. The van der Waals surface area contributed by atoms with Crippen molar-refractivity contribution in [3.63, 3.8) is 0 Å². The normalized spacial score (nSPS) is 10.0. The summed E-state index contributed by atoms with van der Waals surface area (Å²) >= 11 is 0. The summed E-state index contributed by atoms with van der Waals surface area (Å²) in [5.74, 6) is 1.20. The summed E-state index contributed by atoms with van der Waals surface area (Å²) in [5.41, 5.74) is 1.62. The van der Waals surface area contributed by atoms with Gasteiger partial charge in [-0.2, -0.15) is 0 Å². The first-order valence-corrected chi connectivity index (χ1v) is 6.06. The van der Waals surface area contributed by atoms with Gasteiger partial charge in [-0.1, -0.05) is 30.3 Å². The van der Waals surface area contributed by atoms with Gasteiger partial charge in [0.05, 0.1) is 12.7 Å². The first-order chi connectivity index (χ1) is 9.20. The predicted octanol–water partition coefficient (Wildman–Crippen LogP) is 3.48. The standard InChI is InChI=1S/C16H16O3/c1-12(17)15-9-8-14(18-2)10-16(15)19-11-13-6-4-3-5-7-13/h3-10H,11H2,1-2H3. The number of Topliss-reactive ketones (excluding diaryl/α,β-unsaturated/α-hetero) is 1. The van der Waals surface area contributed by atoms with E-state index < -0.39 is 0 Å². The second kappa shape index (κ2) is 6.05. The maximum atomic E-state index is 11.6. The zero-order valence-electron chi connectivity index (χ0n) is 11.1. The van der Waals surface area contributed by atoms with E-state index >= 15 is 0 Å². The maximum Gasteiger partial charge on any atom is 0.163 e. The zero-order valence-corrected chi connectivity index (χ0v) is 11.1. The molecule has 0 N–H and O–H groups in total. The molecule has 0 aliphatic rings. The molecular formula is C16H16O3. The van der Waals surface area contributed by atoms with Crippen LogP contribution in [0.15, 0.2) is 48.5 Å². The van der Waals surface area contributed by atoms with Crippen LogP contribution in [0.4, 0.5) is 0 Å². The molecule has 19 heavy (non-hydrogen) atoms. The minimum atomic E-state index is -0.0225. The fourth-order valence-corrected chi connectivity index (χ4v) is 1.78. The van der Waals surface area contributed by atoms with Crippen LogP contribution in [0.25, 0.3) is 0 Å². The molecule has 0 bridgehead atoms. The largest absolute Gasteiger partial charge is 0.497 e. The lowest BCUT2D eigenvalue weighted by Gasteiger charge is -2.11. The van der Waals surface area contributed by atoms with E-state index in [4.69, 9.17) is 9.47 Å². The van der Waals surface area contributed by atoms with E-state index in [0.29, 0.717) is 23.7 Å². The van der Waals surface area contributed by atoms with E-state index in [2.05, 4.69) is 0 Å². The summed E-state index contributed by atoms with van der Waals surface area (Å²) in [7, 11) is 1.59. The number of ketones is 1. The second-order valence-electron chi connectivity index (χ2n) is 4.19. The summed E-state index contributed by atoms with van der Waals surface area (Å²) in [5, 5.41) is 0. The molecule has 2 rings (SSSR count). The van der Waals surface area contributed by atoms with E-state index in [-0.39, 0.29) is 5.78 Å². The average molecular weight is 256 g/mol. The maximum absolute atomic E-state index is 11.6. The van der Waals surface area contributed by atoms with Crippen molar-refractivity contribution in [3.8, 4) is 11.5 Å². The van der Waals surface area contributed by atoms with Crippen molar-refractivity contribution in [2.24, 2.45) is 0 Å². The van der Waals surface area contributed by atoms with Gasteiger partial charge in [0, 0.05) is 6.07 Å². The van der Waals surface area contributed by atoms with Crippen LogP contribution in [0.2, 0.25) is 0 Å². The number of carbonyl (C=O) groups excluding carboxylic acids is 1. The number of carbonyl (C=O) groups is 1. The number of hydrogen-bond donors (Lipinski definition) is 0. The van der Waals surface area contributed by atoms with E-state index in [1.807, 2.05) is 30.3 Å². The molecule has 0 aliphatic carbocycles. The highest BCUT2D eigenvalue weighted by atomic mass is 16.5. The molecule has 2 aromatic rings. The number of ether oxygens (including phenoxy) is 2. The van der Waals surface area contributed by atoms with Gasteiger partial charge in [0.15, 0.2) is 5.78 Å². The van der Waals surface area contributed by atoms with Gasteiger partial charge in [-0.15, -0.1) is 0 Å². The van der Waals surface area contributed by atoms with E-state index in [0.717, 1.165) is 5.56 Å². The lowest BCUT2D eigenvalue weighted by Crippen LogP contribution is -2.02.